The van der Waals surface area contributed by atoms with E-state index in [0.29, 0.717) is 0 Å². The average molecular weight is 390 g/mol. The summed E-state index contributed by atoms with van der Waals surface area (Å²) in [4.78, 5) is 23.2. The van der Waals surface area contributed by atoms with Crippen LogP contribution in [0.5, 0.6) is 0 Å². The summed E-state index contributed by atoms with van der Waals surface area (Å²) >= 11 is 0. The average Bonchev–Trinajstić information content (AvgIpc) is 2.61. The Balaban J connectivity index is 1.82. The molecule has 0 saturated carbocycles. The van der Waals surface area contributed by atoms with Gasteiger partial charge in [0.1, 0.15) is 30.5 Å². The number of aliphatic hydroxyl groups is 4. The van der Waals surface area contributed by atoms with E-state index in [-0.39, 0.29) is 12.0 Å². The highest BCUT2D eigenvalue weighted by Crippen LogP contribution is 2.41. The molecule has 11 heteroatoms. The number of fused-ring (bicyclic) bond motifs is 1. The van der Waals surface area contributed by atoms with Crippen molar-refractivity contribution in [2.75, 3.05) is 6.61 Å². The number of cyclic esters (lactones) is 1. The van der Waals surface area contributed by atoms with Crippen molar-refractivity contribution < 1.29 is 54.1 Å². The Bertz CT molecular complexity index is 617. The number of hydrogen-bond acceptors (Lipinski definition) is 10. The molecule has 0 amide bonds. The van der Waals surface area contributed by atoms with Crippen molar-refractivity contribution in [1.82, 2.24) is 0 Å². The fourth-order valence-electron chi connectivity index (χ4n) is 3.67. The number of hydrogen-bond donors (Lipinski definition) is 5. The molecule has 0 bridgehead atoms. The topological polar surface area (TPSA) is 172 Å². The summed E-state index contributed by atoms with van der Waals surface area (Å²) < 4.78 is 21.4. The first-order chi connectivity index (χ1) is 12.7. The van der Waals surface area contributed by atoms with Crippen LogP contribution in [0.25, 0.3) is 0 Å². The van der Waals surface area contributed by atoms with Gasteiger partial charge in [0.2, 0.25) is 6.29 Å². The van der Waals surface area contributed by atoms with Gasteiger partial charge in [0.15, 0.2) is 6.29 Å². The predicted molar refractivity (Wildman–Crippen MR) is 82.6 cm³/mol. The maximum absolute atomic E-state index is 11.7. The minimum Gasteiger partial charge on any atom is -0.478 e. The van der Waals surface area contributed by atoms with Crippen molar-refractivity contribution in [3.8, 4) is 0 Å². The highest BCUT2D eigenvalue weighted by Gasteiger charge is 2.51. The van der Waals surface area contributed by atoms with Crippen LogP contribution < -0.4 is 0 Å². The molecule has 0 aromatic heterocycles. The first-order valence-electron chi connectivity index (χ1n) is 8.48. The van der Waals surface area contributed by atoms with Crippen LogP contribution in [-0.2, 0) is 28.5 Å². The number of carboxylic acid groups (broad SMARTS) is 1. The molecule has 2 saturated heterocycles. The second-order valence-electron chi connectivity index (χ2n) is 6.80. The number of carbonyl (C=O) groups is 2. The lowest BCUT2D eigenvalue weighted by Gasteiger charge is -2.45. The van der Waals surface area contributed by atoms with Crippen LogP contribution in [0.15, 0.2) is 11.8 Å². The zero-order chi connectivity index (χ0) is 19.9. The Morgan fingerprint density at radius 2 is 1.93 bits per heavy atom. The summed E-state index contributed by atoms with van der Waals surface area (Å²) in [5.74, 6) is -3.23. The summed E-state index contributed by atoms with van der Waals surface area (Å²) in [6, 6.07) is 0. The SMILES string of the molecule is C[C@H]1OC(=O)C[C@@H]2C(C(=O)O)=CO[C@@H](O[C@@H]3O[C@H](CO)[C@@H](O)[C@H](O)[C@H]3O)[C@@H]21. The summed E-state index contributed by atoms with van der Waals surface area (Å²) in [6.45, 7) is 0.936. The lowest BCUT2D eigenvalue weighted by Crippen LogP contribution is -2.61. The molecule has 3 aliphatic heterocycles. The number of aliphatic hydroxyl groups excluding tert-OH is 4. The molecular formula is C16H22O11. The normalized spacial score (nSPS) is 44.6. The van der Waals surface area contributed by atoms with Crippen molar-refractivity contribution in [1.29, 1.82) is 0 Å². The fraction of sp³-hybridized carbons (Fsp3) is 0.750. The van der Waals surface area contributed by atoms with Gasteiger partial charge in [-0.1, -0.05) is 0 Å². The Kier molecular flexibility index (Phi) is 5.70. The number of carbonyl (C=O) groups excluding carboxylic acids is 1. The van der Waals surface area contributed by atoms with Gasteiger partial charge in [0.25, 0.3) is 0 Å². The Labute approximate surface area is 153 Å². The molecule has 3 heterocycles. The zero-order valence-electron chi connectivity index (χ0n) is 14.4. The van der Waals surface area contributed by atoms with E-state index in [1.165, 1.54) is 0 Å². The minimum atomic E-state index is -1.64. The van der Waals surface area contributed by atoms with E-state index >= 15 is 0 Å². The highest BCUT2D eigenvalue weighted by molar-refractivity contribution is 5.88. The number of esters is 1. The molecule has 152 valence electrons. The molecule has 5 N–H and O–H groups in total. The zero-order valence-corrected chi connectivity index (χ0v) is 14.4. The first kappa shape index (κ1) is 20.0. The third-order valence-corrected chi connectivity index (χ3v) is 5.12. The Hall–Kier alpha value is -1.76. The van der Waals surface area contributed by atoms with Gasteiger partial charge < -0.3 is 44.5 Å². The van der Waals surface area contributed by atoms with E-state index in [1.807, 2.05) is 0 Å². The number of ether oxygens (including phenoxy) is 4. The van der Waals surface area contributed by atoms with Crippen LogP contribution in [0.1, 0.15) is 13.3 Å². The maximum atomic E-state index is 11.7. The van der Waals surface area contributed by atoms with E-state index < -0.39 is 73.5 Å². The summed E-state index contributed by atoms with van der Waals surface area (Å²) in [5, 5.41) is 48.4. The van der Waals surface area contributed by atoms with E-state index in [0.717, 1.165) is 6.26 Å². The lowest BCUT2D eigenvalue weighted by molar-refractivity contribution is -0.346. The molecule has 9 atom stereocenters. The van der Waals surface area contributed by atoms with E-state index in [2.05, 4.69) is 0 Å². The molecular weight excluding hydrogens is 368 g/mol. The second kappa shape index (κ2) is 7.70. The quantitative estimate of drug-likeness (QED) is 0.327. The molecule has 27 heavy (non-hydrogen) atoms. The van der Waals surface area contributed by atoms with E-state index in [4.69, 9.17) is 18.9 Å². The fourth-order valence-corrected chi connectivity index (χ4v) is 3.67. The van der Waals surface area contributed by atoms with Crippen LogP contribution in [-0.4, -0.2) is 87.2 Å². The van der Waals surface area contributed by atoms with Crippen LogP contribution in [0.3, 0.4) is 0 Å². The van der Waals surface area contributed by atoms with Gasteiger partial charge in [-0.05, 0) is 6.92 Å². The van der Waals surface area contributed by atoms with Gasteiger partial charge in [-0.15, -0.1) is 0 Å². The Morgan fingerprint density at radius 1 is 1.22 bits per heavy atom. The van der Waals surface area contributed by atoms with Gasteiger partial charge in [0, 0.05) is 5.92 Å². The van der Waals surface area contributed by atoms with Crippen LogP contribution in [0.4, 0.5) is 0 Å². The third kappa shape index (κ3) is 3.66. The van der Waals surface area contributed by atoms with E-state index in [9.17, 15) is 35.1 Å². The summed E-state index contributed by atoms with van der Waals surface area (Å²) in [7, 11) is 0. The third-order valence-electron chi connectivity index (χ3n) is 5.12. The summed E-state index contributed by atoms with van der Waals surface area (Å²) in [6.07, 6.45) is -8.54. The largest absolute Gasteiger partial charge is 0.478 e. The van der Waals surface area contributed by atoms with Gasteiger partial charge in [-0.3, -0.25) is 4.79 Å². The van der Waals surface area contributed by atoms with Gasteiger partial charge >= 0.3 is 11.9 Å². The van der Waals surface area contributed by atoms with Crippen LogP contribution >= 0.6 is 0 Å². The molecule has 3 rings (SSSR count). The van der Waals surface area contributed by atoms with Crippen LogP contribution in [0, 0.1) is 11.8 Å². The van der Waals surface area contributed by atoms with Gasteiger partial charge in [-0.2, -0.15) is 0 Å². The molecule has 0 spiro atoms. The summed E-state index contributed by atoms with van der Waals surface area (Å²) in [5.41, 5.74) is -0.0999. The monoisotopic (exact) mass is 390 g/mol. The smallest absolute Gasteiger partial charge is 0.335 e. The van der Waals surface area contributed by atoms with E-state index in [1.54, 1.807) is 6.92 Å². The molecule has 0 aromatic rings. The van der Waals surface area contributed by atoms with Crippen molar-refractivity contribution in [3.63, 3.8) is 0 Å². The van der Waals surface area contributed by atoms with Gasteiger partial charge in [0.05, 0.1) is 30.8 Å². The molecule has 2 fully saturated rings. The molecule has 3 aliphatic rings. The standard InChI is InChI=1S/C16H22O11/c1-5-10-6(2-9(18)25-5)7(14(22)23)4-24-15(10)27-16-13(21)12(20)11(19)8(3-17)26-16/h4-6,8,10-13,15-17,19-21H,2-3H2,1H3,(H,22,23)/t5-,6-,8-,10-,11-,12+,13-,15+,16+/m1/s1. The molecule has 0 aliphatic carbocycles. The molecule has 0 radical (unpaired) electrons. The van der Waals surface area contributed by atoms with Crippen molar-refractivity contribution in [2.45, 2.75) is 56.4 Å². The van der Waals surface area contributed by atoms with Gasteiger partial charge in [-0.25, -0.2) is 4.79 Å². The van der Waals surface area contributed by atoms with Crippen molar-refractivity contribution >= 4 is 11.9 Å². The molecule has 11 nitrogen and oxygen atoms in total. The van der Waals surface area contributed by atoms with Crippen molar-refractivity contribution in [3.05, 3.63) is 11.8 Å². The van der Waals surface area contributed by atoms with Crippen molar-refractivity contribution in [2.24, 2.45) is 11.8 Å². The Morgan fingerprint density at radius 3 is 2.56 bits per heavy atom. The maximum Gasteiger partial charge on any atom is 0.335 e. The number of aliphatic carboxylic acids is 1. The number of rotatable bonds is 4. The second-order valence-corrected chi connectivity index (χ2v) is 6.80. The molecule has 0 aromatic carbocycles. The minimum absolute atomic E-state index is 0.0999. The lowest BCUT2D eigenvalue weighted by atomic mass is 9.77. The predicted octanol–water partition coefficient (Wildman–Crippen LogP) is -2.30. The van der Waals surface area contributed by atoms with Crippen LogP contribution in [0.2, 0.25) is 0 Å². The molecule has 0 unspecified atom stereocenters. The first-order valence-corrected chi connectivity index (χ1v) is 8.48. The highest BCUT2D eigenvalue weighted by atomic mass is 16.8. The number of carboxylic acids is 1.